The molecule has 0 aromatic carbocycles. The number of nitrogens with zero attached hydrogens (tertiary/aromatic N) is 4. The number of amides is 2. The summed E-state index contributed by atoms with van der Waals surface area (Å²) in [5.74, 6) is 2.68. The average molecular weight is 348 g/mol. The van der Waals surface area contributed by atoms with Crippen molar-refractivity contribution in [2.24, 2.45) is 5.92 Å². The molecule has 0 unspecified atom stereocenters. The van der Waals surface area contributed by atoms with Crippen LogP contribution in [0.2, 0.25) is 0 Å². The first-order valence-electron chi connectivity index (χ1n) is 9.80. The van der Waals surface area contributed by atoms with Crippen LogP contribution in [0.1, 0.15) is 57.6 Å². The number of aryl methyl sites for hydroxylation is 1. The fourth-order valence-electron chi connectivity index (χ4n) is 3.89. The molecule has 0 radical (unpaired) electrons. The van der Waals surface area contributed by atoms with Gasteiger partial charge in [-0.3, -0.25) is 4.90 Å². The molecule has 1 aromatic heterocycles. The summed E-state index contributed by atoms with van der Waals surface area (Å²) in [6, 6.07) is 0.251. The summed E-state index contributed by atoms with van der Waals surface area (Å²) in [6.45, 7) is 8.85. The number of piperidine rings is 1. The molecule has 25 heavy (non-hydrogen) atoms. The normalized spacial score (nSPS) is 22.7. The lowest BCUT2D eigenvalue weighted by molar-refractivity contribution is 0.137. The minimum atomic E-state index is -0.122. The molecule has 0 spiro atoms. The molecule has 0 aliphatic carbocycles. The van der Waals surface area contributed by atoms with E-state index in [0.29, 0.717) is 19.1 Å². The highest BCUT2D eigenvalue weighted by Crippen LogP contribution is 2.17. The Labute approximate surface area is 150 Å². The Balaban J connectivity index is 1.42. The van der Waals surface area contributed by atoms with E-state index in [1.165, 1.54) is 25.7 Å². The van der Waals surface area contributed by atoms with Crippen molar-refractivity contribution in [1.82, 2.24) is 30.3 Å². The highest BCUT2D eigenvalue weighted by molar-refractivity contribution is 5.73. The number of nitrogens with one attached hydrogen (secondary N) is 2. The number of likely N-dealkylation sites (tertiary alicyclic amines) is 1. The Morgan fingerprint density at radius 3 is 2.92 bits per heavy atom. The Kier molecular flexibility index (Phi) is 6.29. The number of carbonyl (C=O) groups excluding carboxylic acids is 1. The number of urea groups is 1. The number of carbonyl (C=O) groups is 1. The van der Waals surface area contributed by atoms with E-state index in [-0.39, 0.29) is 6.03 Å². The fourth-order valence-corrected chi connectivity index (χ4v) is 3.89. The van der Waals surface area contributed by atoms with Crippen LogP contribution in [-0.2, 0) is 19.5 Å². The molecule has 2 aliphatic heterocycles. The van der Waals surface area contributed by atoms with Gasteiger partial charge in [-0.05, 0) is 45.1 Å². The van der Waals surface area contributed by atoms with Gasteiger partial charge < -0.3 is 15.2 Å². The second kappa shape index (κ2) is 8.65. The lowest BCUT2D eigenvalue weighted by Gasteiger charge is -2.35. The summed E-state index contributed by atoms with van der Waals surface area (Å²) in [5.41, 5.74) is 0. The van der Waals surface area contributed by atoms with Gasteiger partial charge in [0.25, 0.3) is 0 Å². The zero-order chi connectivity index (χ0) is 17.6. The molecule has 0 saturated carbocycles. The predicted molar refractivity (Wildman–Crippen MR) is 97.2 cm³/mol. The summed E-state index contributed by atoms with van der Waals surface area (Å²) >= 11 is 0. The van der Waals surface area contributed by atoms with Gasteiger partial charge in [-0.15, -0.1) is 10.2 Å². The number of hydrogen-bond acceptors (Lipinski definition) is 4. The maximum atomic E-state index is 12.1. The summed E-state index contributed by atoms with van der Waals surface area (Å²) < 4.78 is 2.17. The van der Waals surface area contributed by atoms with E-state index < -0.39 is 0 Å². The second-order valence-electron chi connectivity index (χ2n) is 7.65. The van der Waals surface area contributed by atoms with Gasteiger partial charge >= 0.3 is 6.03 Å². The Bertz CT molecular complexity index is 572. The van der Waals surface area contributed by atoms with Crippen LogP contribution in [0.3, 0.4) is 0 Å². The van der Waals surface area contributed by atoms with Crippen molar-refractivity contribution in [1.29, 1.82) is 0 Å². The van der Waals surface area contributed by atoms with Crippen molar-refractivity contribution in [3.63, 3.8) is 0 Å². The molecule has 2 aliphatic rings. The third kappa shape index (κ3) is 4.93. The van der Waals surface area contributed by atoms with Gasteiger partial charge in [0, 0.05) is 32.1 Å². The quantitative estimate of drug-likeness (QED) is 0.852. The molecule has 2 N–H and O–H groups in total. The number of hydrogen-bond donors (Lipinski definition) is 2. The molecular weight excluding hydrogens is 316 g/mol. The van der Waals surface area contributed by atoms with Gasteiger partial charge in [-0.2, -0.15) is 0 Å². The van der Waals surface area contributed by atoms with E-state index in [1.54, 1.807) is 0 Å². The SMILES string of the molecule is C[C@H]1CCCN([C@H](C)CNC(=O)NCc2nnc3n2CCCCC3)C1. The van der Waals surface area contributed by atoms with Gasteiger partial charge in [0.15, 0.2) is 5.82 Å². The van der Waals surface area contributed by atoms with E-state index in [1.807, 2.05) is 0 Å². The zero-order valence-electron chi connectivity index (χ0n) is 15.6. The number of fused-ring (bicyclic) bond motifs is 1. The highest BCUT2D eigenvalue weighted by Gasteiger charge is 2.21. The second-order valence-corrected chi connectivity index (χ2v) is 7.65. The van der Waals surface area contributed by atoms with E-state index in [4.69, 9.17) is 0 Å². The van der Waals surface area contributed by atoms with E-state index in [0.717, 1.165) is 50.0 Å². The monoisotopic (exact) mass is 348 g/mol. The van der Waals surface area contributed by atoms with Crippen LogP contribution in [0.25, 0.3) is 0 Å². The van der Waals surface area contributed by atoms with Gasteiger partial charge in [-0.1, -0.05) is 13.3 Å². The average Bonchev–Trinajstić information content (AvgIpc) is 2.84. The van der Waals surface area contributed by atoms with E-state index in [2.05, 4.69) is 44.1 Å². The molecule has 2 atom stereocenters. The van der Waals surface area contributed by atoms with Crippen LogP contribution in [0, 0.1) is 5.92 Å². The summed E-state index contributed by atoms with van der Waals surface area (Å²) in [4.78, 5) is 14.6. The predicted octanol–water partition coefficient (Wildman–Crippen LogP) is 1.92. The molecule has 2 amide bonds. The van der Waals surface area contributed by atoms with Crippen LogP contribution < -0.4 is 10.6 Å². The summed E-state index contributed by atoms with van der Waals surface area (Å²) in [7, 11) is 0. The molecule has 1 aromatic rings. The zero-order valence-corrected chi connectivity index (χ0v) is 15.6. The Hall–Kier alpha value is -1.63. The maximum absolute atomic E-state index is 12.1. The van der Waals surface area contributed by atoms with Crippen molar-refractivity contribution < 1.29 is 4.79 Å². The fraction of sp³-hybridized carbons (Fsp3) is 0.833. The lowest BCUT2D eigenvalue weighted by atomic mass is 9.99. The van der Waals surface area contributed by atoms with Gasteiger partial charge in [0.1, 0.15) is 5.82 Å². The topological polar surface area (TPSA) is 75.1 Å². The van der Waals surface area contributed by atoms with Crippen molar-refractivity contribution in [3.8, 4) is 0 Å². The third-order valence-electron chi connectivity index (χ3n) is 5.46. The Morgan fingerprint density at radius 1 is 1.20 bits per heavy atom. The van der Waals surface area contributed by atoms with Crippen molar-refractivity contribution in [3.05, 3.63) is 11.6 Å². The van der Waals surface area contributed by atoms with Crippen LogP contribution in [-0.4, -0.2) is 51.4 Å². The maximum Gasteiger partial charge on any atom is 0.315 e. The lowest BCUT2D eigenvalue weighted by Crippen LogP contribution is -2.48. The minimum absolute atomic E-state index is 0.122. The number of rotatable bonds is 5. The first-order chi connectivity index (χ1) is 12.1. The molecule has 7 nitrogen and oxygen atoms in total. The largest absolute Gasteiger partial charge is 0.337 e. The molecule has 0 bridgehead atoms. The molecule has 3 heterocycles. The van der Waals surface area contributed by atoms with E-state index in [9.17, 15) is 4.79 Å². The Morgan fingerprint density at radius 2 is 2.08 bits per heavy atom. The van der Waals surface area contributed by atoms with Gasteiger partial charge in [0.2, 0.25) is 0 Å². The van der Waals surface area contributed by atoms with Crippen molar-refractivity contribution in [2.75, 3.05) is 19.6 Å². The number of aromatic nitrogens is 3. The third-order valence-corrected chi connectivity index (χ3v) is 5.46. The van der Waals surface area contributed by atoms with Crippen LogP contribution in [0.5, 0.6) is 0 Å². The first kappa shape index (κ1) is 18.2. The van der Waals surface area contributed by atoms with Gasteiger partial charge in [0.05, 0.1) is 6.54 Å². The van der Waals surface area contributed by atoms with Crippen molar-refractivity contribution in [2.45, 2.75) is 71.5 Å². The molecule has 7 heteroatoms. The minimum Gasteiger partial charge on any atom is -0.337 e. The standard InChI is InChI=1S/C18H32N6O/c1-14-7-6-9-23(13-14)15(2)11-19-18(25)20-12-17-22-21-16-8-4-3-5-10-24(16)17/h14-15H,3-13H2,1-2H3,(H2,19,20,25)/t14-,15+/m0/s1. The molecule has 140 valence electrons. The molecule has 3 rings (SSSR count). The smallest absolute Gasteiger partial charge is 0.315 e. The van der Waals surface area contributed by atoms with Crippen LogP contribution in [0.4, 0.5) is 4.79 Å². The van der Waals surface area contributed by atoms with Gasteiger partial charge in [-0.25, -0.2) is 4.79 Å². The van der Waals surface area contributed by atoms with Crippen LogP contribution >= 0.6 is 0 Å². The molecule has 1 saturated heterocycles. The van der Waals surface area contributed by atoms with E-state index >= 15 is 0 Å². The molecular formula is C18H32N6O. The molecule has 1 fully saturated rings. The summed E-state index contributed by atoms with van der Waals surface area (Å²) in [5, 5.41) is 14.5. The van der Waals surface area contributed by atoms with Crippen LogP contribution in [0.15, 0.2) is 0 Å². The van der Waals surface area contributed by atoms with Crippen molar-refractivity contribution >= 4 is 6.03 Å². The summed E-state index contributed by atoms with van der Waals surface area (Å²) in [6.07, 6.45) is 7.15. The first-order valence-corrected chi connectivity index (χ1v) is 9.80. The highest BCUT2D eigenvalue weighted by atomic mass is 16.2.